The van der Waals surface area contributed by atoms with E-state index < -0.39 is 76.2 Å². The third-order valence-corrected chi connectivity index (χ3v) is 14.2. The summed E-state index contributed by atoms with van der Waals surface area (Å²) in [5.41, 5.74) is -0.570. The van der Waals surface area contributed by atoms with Gasteiger partial charge in [0.1, 0.15) is 24.4 Å². The summed E-state index contributed by atoms with van der Waals surface area (Å²) >= 11 is 0. The highest BCUT2D eigenvalue weighted by atomic mass is 32.3. The molecule has 5 fully saturated rings. The van der Waals surface area contributed by atoms with Gasteiger partial charge in [-0.15, -0.1) is 0 Å². The third kappa shape index (κ3) is 6.09. The fraction of sp³-hybridized carbons (Fsp3) is 0.912. The SMILES string of the molecule is CC(C)[C@H](C)[C@@H]1O[C@H]1[C@](C)(O)[C@H]1CC[C@H]2[C@@H]3C[C@H](OS(=O)(=O)O)[C@H]4C[C@@H](O[C@@H]5O[C@H](C(=O)O)[C@@H](O)[C@H](O)[C@H]5O)CC[C@]4(C)C3=CC[C@]12C. The van der Waals surface area contributed by atoms with E-state index in [-0.39, 0.29) is 41.8 Å². The van der Waals surface area contributed by atoms with Crippen LogP contribution in [0.1, 0.15) is 86.5 Å². The summed E-state index contributed by atoms with van der Waals surface area (Å²) in [5.74, 6) is -1.09. The molecular formula is C34H54O13S. The molecule has 0 aromatic carbocycles. The van der Waals surface area contributed by atoms with Crippen LogP contribution < -0.4 is 0 Å². The van der Waals surface area contributed by atoms with Crippen molar-refractivity contribution in [1.82, 2.24) is 0 Å². The number of hydrogen-bond donors (Lipinski definition) is 6. The molecule has 0 spiro atoms. The summed E-state index contributed by atoms with van der Waals surface area (Å²) in [5, 5.41) is 52.4. The first-order chi connectivity index (χ1) is 22.2. The standard InChI is InChI=1S/C34H54O13S/c1-15(2)16(3)27-29(45-27)34(6,40)23-8-7-19-18-14-22(47-48(41,42)43)21-13-17(9-11-32(21,4)20(18)10-12-33(19,23)5)44-31-26(37)24(35)25(36)28(46-31)30(38)39/h10,15-19,21-29,31,35-37,40H,7-9,11-14H2,1-6H3,(H,38,39)(H,41,42,43)/t16-,17-,18-,19-,21+,22-,23-,24-,25-,26+,27-,28-,29+,31+,32+,33-,34+/m0/s1. The molecule has 3 saturated carbocycles. The van der Waals surface area contributed by atoms with Gasteiger partial charge in [0.2, 0.25) is 0 Å². The van der Waals surface area contributed by atoms with Crippen molar-refractivity contribution in [3.05, 3.63) is 11.6 Å². The van der Waals surface area contributed by atoms with Crippen LogP contribution in [-0.4, -0.2) is 105 Å². The summed E-state index contributed by atoms with van der Waals surface area (Å²) in [6, 6.07) is 0. The van der Waals surface area contributed by atoms with Crippen LogP contribution in [0.4, 0.5) is 0 Å². The van der Waals surface area contributed by atoms with Crippen molar-refractivity contribution in [2.75, 3.05) is 0 Å². The first kappa shape index (κ1) is 36.6. The second-order valence-corrected chi connectivity index (χ2v) is 17.7. The smallest absolute Gasteiger partial charge is 0.397 e. The van der Waals surface area contributed by atoms with Crippen molar-refractivity contribution in [3.63, 3.8) is 0 Å². The largest absolute Gasteiger partial charge is 0.479 e. The topological polar surface area (TPSA) is 213 Å². The van der Waals surface area contributed by atoms with E-state index in [1.165, 1.54) is 5.57 Å². The molecule has 0 aromatic heterocycles. The lowest BCUT2D eigenvalue weighted by Crippen LogP contribution is -2.61. The lowest BCUT2D eigenvalue weighted by Gasteiger charge is -2.59. The van der Waals surface area contributed by atoms with E-state index in [0.29, 0.717) is 31.1 Å². The number of carboxylic acid groups (broad SMARTS) is 1. The minimum atomic E-state index is -4.83. The molecule has 6 N–H and O–H groups in total. The van der Waals surface area contributed by atoms with E-state index >= 15 is 0 Å². The van der Waals surface area contributed by atoms with E-state index in [0.717, 1.165) is 19.3 Å². The minimum absolute atomic E-state index is 0.0140. The molecule has 0 bridgehead atoms. The van der Waals surface area contributed by atoms with Gasteiger partial charge in [-0.3, -0.25) is 4.55 Å². The van der Waals surface area contributed by atoms with Gasteiger partial charge in [-0.1, -0.05) is 46.3 Å². The van der Waals surface area contributed by atoms with Crippen LogP contribution in [0.25, 0.3) is 0 Å². The number of allylic oxidation sites excluding steroid dienone is 2. The van der Waals surface area contributed by atoms with Crippen LogP contribution in [-0.2, 0) is 33.6 Å². The molecule has 4 aliphatic carbocycles. The van der Waals surface area contributed by atoms with E-state index in [9.17, 15) is 43.3 Å². The average molecular weight is 703 g/mol. The van der Waals surface area contributed by atoms with Gasteiger partial charge in [-0.05, 0) is 98.2 Å². The highest BCUT2D eigenvalue weighted by molar-refractivity contribution is 7.80. The van der Waals surface area contributed by atoms with E-state index in [1.807, 2.05) is 6.92 Å². The van der Waals surface area contributed by atoms with Crippen molar-refractivity contribution < 1.29 is 61.7 Å². The van der Waals surface area contributed by atoms with Gasteiger partial charge in [0.05, 0.1) is 23.9 Å². The van der Waals surface area contributed by atoms with Gasteiger partial charge in [0, 0.05) is 0 Å². The predicted octanol–water partition coefficient (Wildman–Crippen LogP) is 2.45. The Bertz CT molecular complexity index is 1380. The summed E-state index contributed by atoms with van der Waals surface area (Å²) in [7, 11) is -4.83. The number of ether oxygens (including phenoxy) is 3. The van der Waals surface area contributed by atoms with Crippen LogP contribution in [0.2, 0.25) is 0 Å². The minimum Gasteiger partial charge on any atom is -0.479 e. The summed E-state index contributed by atoms with van der Waals surface area (Å²) < 4.78 is 57.3. The molecule has 6 rings (SSSR count). The van der Waals surface area contributed by atoms with Crippen LogP contribution in [0.15, 0.2) is 11.6 Å². The number of aliphatic hydroxyl groups is 4. The Morgan fingerprint density at radius 1 is 1.02 bits per heavy atom. The van der Waals surface area contributed by atoms with Crippen LogP contribution in [0.3, 0.4) is 0 Å². The molecule has 17 atom stereocenters. The first-order valence-corrected chi connectivity index (χ1v) is 18.9. The van der Waals surface area contributed by atoms with Gasteiger partial charge in [-0.2, -0.15) is 8.42 Å². The van der Waals surface area contributed by atoms with Crippen molar-refractivity contribution >= 4 is 16.4 Å². The van der Waals surface area contributed by atoms with Crippen LogP contribution in [0, 0.1) is 46.3 Å². The van der Waals surface area contributed by atoms with Gasteiger partial charge < -0.3 is 39.7 Å². The van der Waals surface area contributed by atoms with Gasteiger partial charge in [-0.25, -0.2) is 8.98 Å². The van der Waals surface area contributed by atoms with E-state index in [1.54, 1.807) is 0 Å². The molecule has 48 heavy (non-hydrogen) atoms. The molecule has 0 amide bonds. The second-order valence-electron chi connectivity index (χ2n) is 16.7. The summed E-state index contributed by atoms with van der Waals surface area (Å²) in [6.07, 6.45) is -4.09. The normalized spacial score (nSPS) is 49.2. The monoisotopic (exact) mass is 702 g/mol. The molecule has 2 heterocycles. The summed E-state index contributed by atoms with van der Waals surface area (Å²) in [4.78, 5) is 11.6. The number of fused-ring (bicyclic) bond motifs is 5. The van der Waals surface area contributed by atoms with Crippen molar-refractivity contribution in [1.29, 1.82) is 0 Å². The highest BCUT2D eigenvalue weighted by Crippen LogP contribution is 2.68. The second kappa shape index (κ2) is 12.5. The van der Waals surface area contributed by atoms with E-state index in [4.69, 9.17) is 18.4 Å². The number of carboxylic acids is 1. The molecule has 13 nitrogen and oxygen atoms in total. The Kier molecular flexibility index (Phi) is 9.52. The van der Waals surface area contributed by atoms with Gasteiger partial charge in [0.15, 0.2) is 12.4 Å². The fourth-order valence-corrected chi connectivity index (χ4v) is 11.3. The van der Waals surface area contributed by atoms with Gasteiger partial charge in [0.25, 0.3) is 0 Å². The quantitative estimate of drug-likeness (QED) is 0.0883. The molecule has 0 radical (unpaired) electrons. The highest BCUT2D eigenvalue weighted by Gasteiger charge is 2.66. The average Bonchev–Trinajstić information content (AvgIpc) is 3.72. The van der Waals surface area contributed by atoms with E-state index in [2.05, 4.69) is 40.7 Å². The Labute approximate surface area is 282 Å². The zero-order chi connectivity index (χ0) is 35.3. The number of hydrogen-bond acceptors (Lipinski definition) is 11. The number of aliphatic carboxylic acids is 1. The first-order valence-electron chi connectivity index (χ1n) is 17.5. The third-order valence-electron chi connectivity index (χ3n) is 13.7. The maximum Gasteiger partial charge on any atom is 0.397 e. The zero-order valence-electron chi connectivity index (χ0n) is 28.6. The Morgan fingerprint density at radius 3 is 2.33 bits per heavy atom. The molecule has 2 saturated heterocycles. The van der Waals surface area contributed by atoms with Gasteiger partial charge >= 0.3 is 16.4 Å². The zero-order valence-corrected chi connectivity index (χ0v) is 29.5. The maximum absolute atomic E-state index is 12.2. The molecular weight excluding hydrogens is 648 g/mol. The van der Waals surface area contributed by atoms with Crippen LogP contribution >= 0.6 is 0 Å². The van der Waals surface area contributed by atoms with Crippen molar-refractivity contribution in [2.45, 2.75) is 147 Å². The maximum atomic E-state index is 12.2. The molecule has 2 aliphatic heterocycles. The number of rotatable bonds is 9. The Balaban J connectivity index is 1.24. The number of epoxide rings is 1. The Hall–Kier alpha value is -1.20. The lowest BCUT2D eigenvalue weighted by molar-refractivity contribution is -0.309. The molecule has 14 heteroatoms. The molecule has 274 valence electrons. The fourth-order valence-electron chi connectivity index (χ4n) is 10.8. The molecule has 0 unspecified atom stereocenters. The lowest BCUT2D eigenvalue weighted by atomic mass is 9.47. The predicted molar refractivity (Wildman–Crippen MR) is 169 cm³/mol. The number of aliphatic hydroxyl groups excluding tert-OH is 3. The van der Waals surface area contributed by atoms with Crippen molar-refractivity contribution in [3.8, 4) is 0 Å². The van der Waals surface area contributed by atoms with Crippen molar-refractivity contribution in [2.24, 2.45) is 46.3 Å². The summed E-state index contributed by atoms with van der Waals surface area (Å²) in [6.45, 7) is 12.7. The van der Waals surface area contributed by atoms with Crippen LogP contribution in [0.5, 0.6) is 0 Å². The molecule has 6 aliphatic rings. The molecule has 0 aromatic rings. The number of carbonyl (C=O) groups is 1. The Morgan fingerprint density at radius 2 is 1.71 bits per heavy atom.